The van der Waals surface area contributed by atoms with Crippen molar-refractivity contribution in [3.05, 3.63) is 102 Å². The topological polar surface area (TPSA) is 64.9 Å². The number of benzene rings is 3. The highest BCUT2D eigenvalue weighted by Crippen LogP contribution is 2.30. The number of hydrogen-bond donors (Lipinski definition) is 1. The summed E-state index contributed by atoms with van der Waals surface area (Å²) in [5, 5.41) is 3.01. The van der Waals surface area contributed by atoms with Crippen LogP contribution in [-0.2, 0) is 11.2 Å². The van der Waals surface area contributed by atoms with Crippen molar-refractivity contribution in [1.82, 2.24) is 9.38 Å². The maximum Gasteiger partial charge on any atom is 0.224 e. The van der Waals surface area contributed by atoms with Crippen LogP contribution in [0.5, 0.6) is 11.5 Å². The molecule has 0 spiro atoms. The molecule has 0 radical (unpaired) electrons. The number of carbonyl (C=O) groups excluding carboxylic acids is 1. The number of rotatable bonds is 9. The third kappa shape index (κ3) is 5.54. The quantitative estimate of drug-likeness (QED) is 0.235. The minimum atomic E-state index is -0.0370. The fourth-order valence-electron chi connectivity index (χ4n) is 4.51. The van der Waals surface area contributed by atoms with Crippen LogP contribution < -0.4 is 14.8 Å². The van der Waals surface area contributed by atoms with Gasteiger partial charge in [0.1, 0.15) is 17.1 Å². The van der Waals surface area contributed by atoms with E-state index in [-0.39, 0.29) is 5.91 Å². The Kier molecular flexibility index (Phi) is 7.40. The lowest BCUT2D eigenvalue weighted by atomic mass is 10.1. The maximum atomic E-state index is 12.9. The Bertz CT molecular complexity index is 1550. The molecule has 5 rings (SSSR count). The van der Waals surface area contributed by atoms with Crippen LogP contribution >= 0.6 is 0 Å². The van der Waals surface area contributed by atoms with Gasteiger partial charge in [-0.3, -0.25) is 4.79 Å². The summed E-state index contributed by atoms with van der Waals surface area (Å²) in [7, 11) is 1.65. The van der Waals surface area contributed by atoms with E-state index in [2.05, 4.69) is 28.0 Å². The number of aryl methyl sites for hydroxylation is 2. The van der Waals surface area contributed by atoms with Gasteiger partial charge in [-0.25, -0.2) is 4.98 Å². The Balaban J connectivity index is 1.50. The first-order valence-electron chi connectivity index (χ1n) is 12.8. The minimum Gasteiger partial charge on any atom is -0.497 e. The van der Waals surface area contributed by atoms with E-state index in [0.29, 0.717) is 19.4 Å². The smallest absolute Gasteiger partial charge is 0.224 e. The van der Waals surface area contributed by atoms with Crippen molar-refractivity contribution in [1.29, 1.82) is 0 Å². The molecule has 0 atom stereocenters. The number of nitrogens with zero attached hydrogens (tertiary/aromatic N) is 2. The second kappa shape index (κ2) is 11.2. The third-order valence-corrected chi connectivity index (χ3v) is 6.48. The number of aromatic nitrogens is 2. The number of amides is 1. The van der Waals surface area contributed by atoms with Crippen molar-refractivity contribution in [2.45, 2.75) is 26.7 Å². The zero-order valence-electron chi connectivity index (χ0n) is 21.9. The first-order valence-corrected chi connectivity index (χ1v) is 12.8. The molecule has 0 unspecified atom stereocenters. The molecule has 6 nitrogen and oxygen atoms in total. The average Bonchev–Trinajstić information content (AvgIpc) is 3.31. The van der Waals surface area contributed by atoms with E-state index >= 15 is 0 Å². The Hall–Kier alpha value is -4.58. The van der Waals surface area contributed by atoms with Gasteiger partial charge in [-0.15, -0.1) is 0 Å². The van der Waals surface area contributed by atoms with Crippen LogP contribution in [0.1, 0.15) is 24.6 Å². The summed E-state index contributed by atoms with van der Waals surface area (Å²) in [6, 6.07) is 27.8. The van der Waals surface area contributed by atoms with Crippen molar-refractivity contribution in [3.8, 4) is 33.9 Å². The highest BCUT2D eigenvalue weighted by molar-refractivity contribution is 5.91. The van der Waals surface area contributed by atoms with Gasteiger partial charge in [0.2, 0.25) is 5.91 Å². The van der Waals surface area contributed by atoms with E-state index in [1.54, 1.807) is 7.11 Å². The van der Waals surface area contributed by atoms with Gasteiger partial charge in [0.25, 0.3) is 0 Å². The summed E-state index contributed by atoms with van der Waals surface area (Å²) in [6.07, 6.45) is 2.95. The standard InChI is InChI=1S/C32H31N3O3/c1-4-38-28-7-5-6-24(20-28)25-12-18-30-34-32(23-10-15-27(37-3)16-11-23)29(35(30)21-25)17-19-31(36)33-26-13-8-22(2)9-14-26/h5-16,18,20-21H,4,17,19H2,1-3H3,(H,33,36). The summed E-state index contributed by atoms with van der Waals surface area (Å²) in [4.78, 5) is 17.8. The molecule has 1 N–H and O–H groups in total. The van der Waals surface area contributed by atoms with Gasteiger partial charge < -0.3 is 19.2 Å². The summed E-state index contributed by atoms with van der Waals surface area (Å²) >= 11 is 0. The molecular formula is C32H31N3O3. The van der Waals surface area contributed by atoms with Gasteiger partial charge in [-0.05, 0) is 92.1 Å². The predicted molar refractivity (Wildman–Crippen MR) is 152 cm³/mol. The lowest BCUT2D eigenvalue weighted by Crippen LogP contribution is -2.13. The monoisotopic (exact) mass is 505 g/mol. The van der Waals surface area contributed by atoms with Gasteiger partial charge >= 0.3 is 0 Å². The van der Waals surface area contributed by atoms with Crippen LogP contribution in [0, 0.1) is 6.92 Å². The number of pyridine rings is 1. The summed E-state index contributed by atoms with van der Waals surface area (Å²) < 4.78 is 13.1. The van der Waals surface area contributed by atoms with E-state index in [4.69, 9.17) is 14.5 Å². The molecule has 192 valence electrons. The molecule has 3 aromatic carbocycles. The van der Waals surface area contributed by atoms with Crippen molar-refractivity contribution in [2.75, 3.05) is 19.0 Å². The molecule has 0 fully saturated rings. The number of ether oxygens (including phenoxy) is 2. The SMILES string of the molecule is CCOc1cccc(-c2ccc3nc(-c4ccc(OC)cc4)c(CCC(=O)Nc4ccc(C)cc4)n3c2)c1. The van der Waals surface area contributed by atoms with E-state index in [0.717, 1.165) is 56.5 Å². The van der Waals surface area contributed by atoms with Gasteiger partial charge in [0.05, 0.1) is 25.1 Å². The van der Waals surface area contributed by atoms with Crippen LogP contribution in [0.3, 0.4) is 0 Å². The fourth-order valence-corrected chi connectivity index (χ4v) is 4.51. The zero-order valence-corrected chi connectivity index (χ0v) is 21.9. The lowest BCUT2D eigenvalue weighted by Gasteiger charge is -2.10. The fraction of sp³-hybridized carbons (Fsp3) is 0.188. The molecule has 38 heavy (non-hydrogen) atoms. The Morgan fingerprint density at radius 1 is 0.895 bits per heavy atom. The van der Waals surface area contributed by atoms with E-state index in [9.17, 15) is 4.79 Å². The first-order chi connectivity index (χ1) is 18.5. The van der Waals surface area contributed by atoms with Crippen molar-refractivity contribution >= 4 is 17.2 Å². The maximum absolute atomic E-state index is 12.9. The average molecular weight is 506 g/mol. The van der Waals surface area contributed by atoms with Crippen LogP contribution in [0.15, 0.2) is 91.1 Å². The predicted octanol–water partition coefficient (Wildman–Crippen LogP) is 6.96. The van der Waals surface area contributed by atoms with Crippen LogP contribution in [0.25, 0.3) is 28.0 Å². The number of hydrogen-bond acceptors (Lipinski definition) is 4. The normalized spacial score (nSPS) is 10.9. The van der Waals surface area contributed by atoms with Gasteiger partial charge in [-0.2, -0.15) is 0 Å². The Morgan fingerprint density at radius 2 is 1.66 bits per heavy atom. The van der Waals surface area contributed by atoms with Crippen molar-refractivity contribution in [3.63, 3.8) is 0 Å². The number of carbonyl (C=O) groups is 1. The molecule has 0 aliphatic rings. The molecule has 0 aliphatic carbocycles. The Labute approximate surface area is 222 Å². The van der Waals surface area contributed by atoms with Crippen LogP contribution in [0.2, 0.25) is 0 Å². The molecule has 6 heteroatoms. The molecule has 0 saturated carbocycles. The molecule has 0 bridgehead atoms. The molecule has 0 aliphatic heterocycles. The highest BCUT2D eigenvalue weighted by Gasteiger charge is 2.17. The first kappa shape index (κ1) is 25.1. The largest absolute Gasteiger partial charge is 0.497 e. The Morgan fingerprint density at radius 3 is 2.39 bits per heavy atom. The number of imidazole rings is 1. The van der Waals surface area contributed by atoms with E-state index in [1.165, 1.54) is 0 Å². The molecule has 2 heterocycles. The summed E-state index contributed by atoms with van der Waals surface area (Å²) in [6.45, 7) is 4.62. The third-order valence-electron chi connectivity index (χ3n) is 6.48. The van der Waals surface area contributed by atoms with Gasteiger partial charge in [0, 0.05) is 23.9 Å². The molecule has 0 saturated heterocycles. The number of nitrogens with one attached hydrogen (secondary N) is 1. The zero-order chi connectivity index (χ0) is 26.5. The van der Waals surface area contributed by atoms with Gasteiger partial charge in [-0.1, -0.05) is 29.8 Å². The second-order valence-corrected chi connectivity index (χ2v) is 9.16. The van der Waals surface area contributed by atoms with E-state index in [1.807, 2.05) is 86.6 Å². The number of anilines is 1. The van der Waals surface area contributed by atoms with Crippen molar-refractivity contribution < 1.29 is 14.3 Å². The number of methoxy groups -OCH3 is 1. The van der Waals surface area contributed by atoms with Crippen LogP contribution in [-0.4, -0.2) is 29.0 Å². The summed E-state index contributed by atoms with van der Waals surface area (Å²) in [5.74, 6) is 1.58. The highest BCUT2D eigenvalue weighted by atomic mass is 16.5. The lowest BCUT2D eigenvalue weighted by molar-refractivity contribution is -0.116. The van der Waals surface area contributed by atoms with Crippen LogP contribution in [0.4, 0.5) is 5.69 Å². The molecule has 2 aromatic heterocycles. The molecule has 5 aromatic rings. The van der Waals surface area contributed by atoms with Crippen molar-refractivity contribution in [2.24, 2.45) is 0 Å². The second-order valence-electron chi connectivity index (χ2n) is 9.16. The van der Waals surface area contributed by atoms with E-state index < -0.39 is 0 Å². The summed E-state index contributed by atoms with van der Waals surface area (Å²) in [5.41, 5.74) is 7.69. The molecular weight excluding hydrogens is 474 g/mol. The minimum absolute atomic E-state index is 0.0370. The molecule has 1 amide bonds. The van der Waals surface area contributed by atoms with Gasteiger partial charge in [0.15, 0.2) is 0 Å². The number of fused-ring (bicyclic) bond motifs is 1.